The summed E-state index contributed by atoms with van der Waals surface area (Å²) in [5.41, 5.74) is 0.897. The molecule has 0 saturated carbocycles. The Labute approximate surface area is 127 Å². The summed E-state index contributed by atoms with van der Waals surface area (Å²) in [5, 5.41) is 0.675. The van der Waals surface area contributed by atoms with Crippen molar-refractivity contribution in [1.29, 1.82) is 0 Å². The molecule has 1 aromatic carbocycles. The molecule has 0 aliphatic carbocycles. The van der Waals surface area contributed by atoms with Gasteiger partial charge in [0.1, 0.15) is 11.6 Å². The van der Waals surface area contributed by atoms with E-state index < -0.39 is 11.6 Å². The Bertz CT molecular complexity index is 604. The lowest BCUT2D eigenvalue weighted by Crippen LogP contribution is -1.98. The molecule has 0 bridgehead atoms. The molecular weight excluding hydrogens is 358 g/mol. The van der Waals surface area contributed by atoms with Gasteiger partial charge in [-0.3, -0.25) is 0 Å². The normalized spacial score (nSPS) is 11.0. The maximum absolute atomic E-state index is 13.8. The fourth-order valence-corrected chi connectivity index (χ4v) is 3.12. The minimum atomic E-state index is -0.570. The van der Waals surface area contributed by atoms with E-state index in [1.807, 2.05) is 11.6 Å². The van der Waals surface area contributed by atoms with E-state index in [2.05, 4.69) is 20.9 Å². The zero-order valence-electron chi connectivity index (χ0n) is 9.96. The molecule has 1 heterocycles. The molecule has 1 aromatic heterocycles. The zero-order chi connectivity index (χ0) is 14.0. The van der Waals surface area contributed by atoms with Gasteiger partial charge in [0.25, 0.3) is 0 Å². The van der Waals surface area contributed by atoms with Crippen molar-refractivity contribution in [1.82, 2.24) is 9.55 Å². The number of aromatic nitrogens is 2. The molecular formula is C12H10BrClF2N2S. The number of nitrogens with zero attached hydrogens (tertiary/aromatic N) is 2. The third kappa shape index (κ3) is 3.12. The van der Waals surface area contributed by atoms with E-state index in [1.165, 1.54) is 23.9 Å². The van der Waals surface area contributed by atoms with Crippen LogP contribution in [-0.4, -0.2) is 9.55 Å². The highest BCUT2D eigenvalue weighted by Gasteiger charge is 2.14. The molecule has 2 rings (SSSR count). The van der Waals surface area contributed by atoms with Crippen LogP contribution in [0.15, 0.2) is 28.0 Å². The first kappa shape index (κ1) is 14.8. The molecule has 0 amide bonds. The van der Waals surface area contributed by atoms with Crippen molar-refractivity contribution in [2.75, 3.05) is 0 Å². The maximum Gasteiger partial charge on any atom is 0.168 e. The topological polar surface area (TPSA) is 17.8 Å². The van der Waals surface area contributed by atoms with Crippen LogP contribution >= 0.6 is 39.3 Å². The molecule has 0 aliphatic heterocycles. The van der Waals surface area contributed by atoms with E-state index in [1.54, 1.807) is 6.20 Å². The molecule has 0 aliphatic rings. The molecule has 0 saturated heterocycles. The third-order valence-corrected chi connectivity index (χ3v) is 4.62. The lowest BCUT2D eigenvalue weighted by Gasteiger charge is -2.07. The van der Waals surface area contributed by atoms with Crippen LogP contribution in [0.5, 0.6) is 0 Å². The summed E-state index contributed by atoms with van der Waals surface area (Å²) in [7, 11) is 1.82. The van der Waals surface area contributed by atoms with E-state index in [0.29, 0.717) is 11.0 Å². The molecule has 2 aromatic rings. The highest BCUT2D eigenvalue weighted by molar-refractivity contribution is 9.10. The second-order valence-electron chi connectivity index (χ2n) is 3.84. The summed E-state index contributed by atoms with van der Waals surface area (Å²) in [4.78, 5) is 4.17. The van der Waals surface area contributed by atoms with Crippen LogP contribution < -0.4 is 0 Å². The molecule has 0 radical (unpaired) electrons. The Balaban J connectivity index is 2.19. The first-order valence-corrected chi connectivity index (χ1v) is 7.67. The van der Waals surface area contributed by atoms with Crippen molar-refractivity contribution in [3.05, 3.63) is 45.7 Å². The Morgan fingerprint density at radius 2 is 2.16 bits per heavy atom. The summed E-state index contributed by atoms with van der Waals surface area (Å²) < 4.78 is 29.4. The minimum absolute atomic E-state index is 0.0369. The minimum Gasteiger partial charge on any atom is -0.325 e. The largest absolute Gasteiger partial charge is 0.325 e. The number of benzene rings is 1. The lowest BCUT2D eigenvalue weighted by molar-refractivity contribution is 0.562. The van der Waals surface area contributed by atoms with Gasteiger partial charge >= 0.3 is 0 Å². The average molecular weight is 368 g/mol. The van der Waals surface area contributed by atoms with Crippen molar-refractivity contribution in [2.45, 2.75) is 16.8 Å². The molecule has 7 heteroatoms. The Hall–Kier alpha value is -0.590. The number of halogens is 4. The van der Waals surface area contributed by atoms with Crippen LogP contribution in [0.2, 0.25) is 0 Å². The molecule has 102 valence electrons. The van der Waals surface area contributed by atoms with Crippen molar-refractivity contribution in [3.63, 3.8) is 0 Å². The van der Waals surface area contributed by atoms with Crippen molar-refractivity contribution < 1.29 is 8.78 Å². The van der Waals surface area contributed by atoms with Crippen LogP contribution in [0.4, 0.5) is 8.78 Å². The molecule has 19 heavy (non-hydrogen) atoms. The molecule has 0 unspecified atom stereocenters. The summed E-state index contributed by atoms with van der Waals surface area (Å²) in [6, 6.07) is 2.59. The van der Waals surface area contributed by atoms with Gasteiger partial charge in [-0.15, -0.1) is 11.6 Å². The van der Waals surface area contributed by atoms with E-state index in [4.69, 9.17) is 11.6 Å². The summed E-state index contributed by atoms with van der Waals surface area (Å²) in [5.74, 6) is -0.605. The van der Waals surface area contributed by atoms with E-state index >= 15 is 0 Å². The van der Waals surface area contributed by atoms with Gasteiger partial charge in [-0.2, -0.15) is 0 Å². The van der Waals surface area contributed by atoms with Gasteiger partial charge in [0.2, 0.25) is 0 Å². The molecule has 0 spiro atoms. The number of hydrogen-bond donors (Lipinski definition) is 0. The Morgan fingerprint density at radius 1 is 1.42 bits per heavy atom. The fourth-order valence-electron chi connectivity index (χ4n) is 1.52. The average Bonchev–Trinajstić information content (AvgIpc) is 2.75. The number of imidazole rings is 1. The number of hydrogen-bond acceptors (Lipinski definition) is 2. The van der Waals surface area contributed by atoms with Gasteiger partial charge in [-0.25, -0.2) is 13.8 Å². The second-order valence-corrected chi connectivity index (χ2v) is 5.90. The first-order valence-electron chi connectivity index (χ1n) is 5.36. The van der Waals surface area contributed by atoms with E-state index in [9.17, 15) is 8.78 Å². The summed E-state index contributed by atoms with van der Waals surface area (Å²) in [6.45, 7) is 0. The molecule has 0 N–H and O–H groups in total. The quantitative estimate of drug-likeness (QED) is 0.450. The lowest BCUT2D eigenvalue weighted by atomic mass is 10.2. The first-order chi connectivity index (χ1) is 9.04. The van der Waals surface area contributed by atoms with Crippen molar-refractivity contribution >= 4 is 39.3 Å². The molecule has 2 nitrogen and oxygen atoms in total. The smallest absolute Gasteiger partial charge is 0.168 e. The predicted molar refractivity (Wildman–Crippen MR) is 76.4 cm³/mol. The maximum atomic E-state index is 13.8. The van der Waals surface area contributed by atoms with Crippen LogP contribution in [-0.2, 0) is 18.7 Å². The van der Waals surface area contributed by atoms with Gasteiger partial charge in [-0.05, 0) is 28.1 Å². The highest BCUT2D eigenvalue weighted by atomic mass is 79.9. The van der Waals surface area contributed by atoms with Gasteiger partial charge in [0, 0.05) is 18.4 Å². The monoisotopic (exact) mass is 366 g/mol. The summed E-state index contributed by atoms with van der Waals surface area (Å²) in [6.07, 6.45) is 1.66. The van der Waals surface area contributed by atoms with Crippen molar-refractivity contribution in [3.8, 4) is 0 Å². The Morgan fingerprint density at radius 3 is 2.79 bits per heavy atom. The molecule has 0 fully saturated rings. The van der Waals surface area contributed by atoms with Gasteiger partial charge in [0.05, 0.1) is 22.2 Å². The van der Waals surface area contributed by atoms with Crippen molar-refractivity contribution in [2.24, 2.45) is 7.05 Å². The number of thioether (sulfide) groups is 1. The van der Waals surface area contributed by atoms with Gasteiger partial charge in [0.15, 0.2) is 5.16 Å². The zero-order valence-corrected chi connectivity index (χ0v) is 13.1. The van der Waals surface area contributed by atoms with Gasteiger partial charge in [-0.1, -0.05) is 11.8 Å². The number of alkyl halides is 1. The van der Waals surface area contributed by atoms with E-state index in [-0.39, 0.29) is 15.8 Å². The fraction of sp³-hybridized carbons (Fsp3) is 0.250. The van der Waals surface area contributed by atoms with E-state index in [0.717, 1.165) is 5.69 Å². The SMILES string of the molecule is Cn1c(CCl)cnc1SCc1c(F)ccc(Br)c1F. The van der Waals surface area contributed by atoms with Crippen LogP contribution in [0, 0.1) is 11.6 Å². The standard InChI is InChI=1S/C12H10BrClF2N2S/c1-18-7(4-14)5-17-12(18)19-6-8-10(15)3-2-9(13)11(8)16/h2-3,5H,4,6H2,1H3. The predicted octanol–water partition coefficient (Wildman–Crippen LogP) is 4.49. The molecule has 0 atom stereocenters. The number of rotatable bonds is 4. The van der Waals surface area contributed by atoms with Crippen LogP contribution in [0.3, 0.4) is 0 Å². The third-order valence-electron chi connectivity index (χ3n) is 2.66. The van der Waals surface area contributed by atoms with Crippen LogP contribution in [0.25, 0.3) is 0 Å². The second kappa shape index (κ2) is 6.24. The summed E-state index contributed by atoms with van der Waals surface area (Å²) >= 11 is 10.1. The van der Waals surface area contributed by atoms with Crippen LogP contribution in [0.1, 0.15) is 11.3 Å². The Kier molecular flexibility index (Phi) is 4.86. The highest BCUT2D eigenvalue weighted by Crippen LogP contribution is 2.28. The van der Waals surface area contributed by atoms with Gasteiger partial charge < -0.3 is 4.57 Å².